The van der Waals surface area contributed by atoms with Gasteiger partial charge in [0.15, 0.2) is 0 Å². The van der Waals surface area contributed by atoms with Crippen molar-refractivity contribution < 1.29 is 4.92 Å². The van der Waals surface area contributed by atoms with Crippen LogP contribution in [0, 0.1) is 10.1 Å². The predicted molar refractivity (Wildman–Crippen MR) is 88.1 cm³/mol. The molecule has 1 heterocycles. The zero-order valence-corrected chi connectivity index (χ0v) is 12.8. The molecule has 0 saturated carbocycles. The van der Waals surface area contributed by atoms with Gasteiger partial charge in [0.05, 0.1) is 5.92 Å². The van der Waals surface area contributed by atoms with Crippen molar-refractivity contribution in [2.75, 3.05) is 6.54 Å². The van der Waals surface area contributed by atoms with Crippen LogP contribution in [0.5, 0.6) is 0 Å². The minimum Gasteiger partial charge on any atom is -0.350 e. The van der Waals surface area contributed by atoms with Crippen molar-refractivity contribution in [1.82, 2.24) is 4.57 Å². The summed E-state index contributed by atoms with van der Waals surface area (Å²) in [4.78, 5) is 10.9. The minimum absolute atomic E-state index is 0.143. The zero-order valence-electron chi connectivity index (χ0n) is 12.1. The van der Waals surface area contributed by atoms with Crippen LogP contribution < -0.4 is 0 Å². The van der Waals surface area contributed by atoms with Gasteiger partial charge in [0.25, 0.3) is 0 Å². The molecule has 0 radical (unpaired) electrons. The molecule has 2 aromatic carbocycles. The van der Waals surface area contributed by atoms with Gasteiger partial charge in [-0.25, -0.2) is 0 Å². The molecule has 3 rings (SSSR count). The van der Waals surface area contributed by atoms with E-state index in [0.717, 1.165) is 22.0 Å². The topological polar surface area (TPSA) is 48.1 Å². The van der Waals surface area contributed by atoms with Crippen LogP contribution in [0.15, 0.2) is 54.7 Å². The van der Waals surface area contributed by atoms with Gasteiger partial charge in [-0.3, -0.25) is 10.1 Å². The Kier molecular flexibility index (Phi) is 3.86. The fourth-order valence-corrected chi connectivity index (χ4v) is 3.00. The molecular formula is C17H15ClN2O2. The van der Waals surface area contributed by atoms with E-state index in [1.165, 1.54) is 0 Å². The van der Waals surface area contributed by atoms with Gasteiger partial charge < -0.3 is 4.57 Å². The van der Waals surface area contributed by atoms with Crippen molar-refractivity contribution in [3.05, 3.63) is 81.0 Å². The summed E-state index contributed by atoms with van der Waals surface area (Å²) in [7, 11) is 1.96. The lowest BCUT2D eigenvalue weighted by Gasteiger charge is -2.13. The van der Waals surface area contributed by atoms with E-state index in [-0.39, 0.29) is 17.4 Å². The maximum absolute atomic E-state index is 11.1. The largest absolute Gasteiger partial charge is 0.350 e. The number of para-hydroxylation sites is 1. The smallest absolute Gasteiger partial charge is 0.214 e. The fourth-order valence-electron chi connectivity index (χ4n) is 2.88. The van der Waals surface area contributed by atoms with Crippen molar-refractivity contribution in [1.29, 1.82) is 0 Å². The third-order valence-electron chi connectivity index (χ3n) is 3.91. The first-order valence-corrected chi connectivity index (χ1v) is 7.35. The van der Waals surface area contributed by atoms with Crippen LogP contribution in [0.1, 0.15) is 17.0 Å². The normalized spacial score (nSPS) is 12.5. The number of nitrogens with zero attached hydrogens (tertiary/aromatic N) is 2. The van der Waals surface area contributed by atoms with Crippen LogP contribution in [-0.2, 0) is 7.05 Å². The molecule has 1 unspecified atom stereocenters. The molecule has 22 heavy (non-hydrogen) atoms. The first kappa shape index (κ1) is 14.6. The van der Waals surface area contributed by atoms with E-state index in [4.69, 9.17) is 11.6 Å². The van der Waals surface area contributed by atoms with E-state index in [1.807, 2.05) is 54.2 Å². The van der Waals surface area contributed by atoms with E-state index in [1.54, 1.807) is 12.1 Å². The van der Waals surface area contributed by atoms with Crippen molar-refractivity contribution >= 4 is 22.5 Å². The molecule has 0 saturated heterocycles. The monoisotopic (exact) mass is 314 g/mol. The average molecular weight is 315 g/mol. The average Bonchev–Trinajstić information content (AvgIpc) is 2.83. The second-order valence-electron chi connectivity index (χ2n) is 5.33. The third-order valence-corrected chi connectivity index (χ3v) is 4.16. The number of aryl methyl sites for hydroxylation is 1. The molecule has 0 aliphatic rings. The highest BCUT2D eigenvalue weighted by molar-refractivity contribution is 6.30. The molecule has 0 fully saturated rings. The summed E-state index contributed by atoms with van der Waals surface area (Å²) in [5, 5.41) is 12.8. The summed E-state index contributed by atoms with van der Waals surface area (Å²) in [5.41, 5.74) is 2.94. The lowest BCUT2D eigenvalue weighted by molar-refractivity contribution is -0.481. The Morgan fingerprint density at radius 2 is 1.86 bits per heavy atom. The first-order chi connectivity index (χ1) is 10.6. The second-order valence-corrected chi connectivity index (χ2v) is 5.77. The predicted octanol–water partition coefficient (Wildman–Crippen LogP) is 4.24. The van der Waals surface area contributed by atoms with Crippen LogP contribution in [-0.4, -0.2) is 16.0 Å². The van der Waals surface area contributed by atoms with Crippen LogP contribution >= 0.6 is 11.6 Å². The van der Waals surface area contributed by atoms with Gasteiger partial charge in [-0.1, -0.05) is 41.9 Å². The van der Waals surface area contributed by atoms with E-state index < -0.39 is 0 Å². The number of rotatable bonds is 4. The van der Waals surface area contributed by atoms with Gasteiger partial charge in [0, 0.05) is 34.1 Å². The Labute approximate surface area is 133 Å². The summed E-state index contributed by atoms with van der Waals surface area (Å²) < 4.78 is 2.01. The molecule has 0 bridgehead atoms. The highest BCUT2D eigenvalue weighted by Gasteiger charge is 2.23. The Balaban J connectivity index is 2.16. The van der Waals surface area contributed by atoms with E-state index in [0.29, 0.717) is 5.02 Å². The van der Waals surface area contributed by atoms with Crippen LogP contribution in [0.2, 0.25) is 5.02 Å². The molecule has 4 nitrogen and oxygen atoms in total. The third kappa shape index (κ3) is 2.70. The molecular weight excluding hydrogens is 300 g/mol. The number of nitro groups is 1. The Bertz CT molecular complexity index is 824. The molecule has 1 aromatic heterocycles. The number of benzene rings is 2. The van der Waals surface area contributed by atoms with E-state index in [2.05, 4.69) is 0 Å². The van der Waals surface area contributed by atoms with Gasteiger partial charge in [-0.15, -0.1) is 0 Å². The SMILES string of the molecule is Cn1cc(C(C[N+](=O)[O-])c2ccc(Cl)cc2)c2ccccc21. The summed E-state index contributed by atoms with van der Waals surface area (Å²) in [5.74, 6) is -0.293. The molecule has 0 amide bonds. The molecule has 3 aromatic rings. The highest BCUT2D eigenvalue weighted by atomic mass is 35.5. The Morgan fingerprint density at radius 1 is 1.18 bits per heavy atom. The van der Waals surface area contributed by atoms with Gasteiger partial charge in [0.2, 0.25) is 6.54 Å². The molecule has 0 N–H and O–H groups in total. The van der Waals surface area contributed by atoms with Crippen LogP contribution in [0.4, 0.5) is 0 Å². The minimum atomic E-state index is -0.293. The van der Waals surface area contributed by atoms with Gasteiger partial charge >= 0.3 is 0 Å². The van der Waals surface area contributed by atoms with Gasteiger partial charge in [-0.05, 0) is 29.3 Å². The molecule has 1 atom stereocenters. The molecule has 0 aliphatic heterocycles. The summed E-state index contributed by atoms with van der Waals surface area (Å²) >= 11 is 5.93. The maximum Gasteiger partial charge on any atom is 0.214 e. The standard InChI is InChI=1S/C17H15ClN2O2/c1-19-10-16(14-4-2-3-5-17(14)19)15(11-20(21)22)12-6-8-13(18)9-7-12/h2-10,15H,11H2,1H3. The Morgan fingerprint density at radius 3 is 2.55 bits per heavy atom. The van der Waals surface area contributed by atoms with Crippen LogP contribution in [0.3, 0.4) is 0 Å². The lowest BCUT2D eigenvalue weighted by atomic mass is 9.91. The quantitative estimate of drug-likeness (QED) is 0.534. The number of hydrogen-bond donors (Lipinski definition) is 0. The number of aromatic nitrogens is 1. The molecule has 0 aliphatic carbocycles. The van der Waals surface area contributed by atoms with Crippen molar-refractivity contribution in [2.45, 2.75) is 5.92 Å². The number of halogens is 1. The summed E-state index contributed by atoms with van der Waals surface area (Å²) in [6.07, 6.45) is 1.98. The van der Waals surface area contributed by atoms with Crippen molar-refractivity contribution in [3.8, 4) is 0 Å². The van der Waals surface area contributed by atoms with Gasteiger partial charge in [-0.2, -0.15) is 0 Å². The van der Waals surface area contributed by atoms with E-state index in [9.17, 15) is 10.1 Å². The summed E-state index contributed by atoms with van der Waals surface area (Å²) in [6.45, 7) is -0.143. The zero-order chi connectivity index (χ0) is 15.7. The molecule has 5 heteroatoms. The van der Waals surface area contributed by atoms with Crippen molar-refractivity contribution in [2.24, 2.45) is 7.05 Å². The second kappa shape index (κ2) is 5.81. The summed E-state index contributed by atoms with van der Waals surface area (Å²) in [6, 6.07) is 15.2. The first-order valence-electron chi connectivity index (χ1n) is 6.97. The number of hydrogen-bond acceptors (Lipinski definition) is 2. The fraction of sp³-hybridized carbons (Fsp3) is 0.176. The van der Waals surface area contributed by atoms with E-state index >= 15 is 0 Å². The lowest BCUT2D eigenvalue weighted by Crippen LogP contribution is -2.13. The molecule has 112 valence electrons. The maximum atomic E-state index is 11.1. The molecule has 0 spiro atoms. The van der Waals surface area contributed by atoms with Crippen molar-refractivity contribution in [3.63, 3.8) is 0 Å². The Hall–Kier alpha value is -2.33. The van der Waals surface area contributed by atoms with Gasteiger partial charge in [0.1, 0.15) is 0 Å². The number of fused-ring (bicyclic) bond motifs is 1. The van der Waals surface area contributed by atoms with Crippen LogP contribution in [0.25, 0.3) is 10.9 Å². The highest BCUT2D eigenvalue weighted by Crippen LogP contribution is 2.32.